The molecule has 0 N–H and O–H groups in total. The zero-order chi connectivity index (χ0) is 18.5. The lowest BCUT2D eigenvalue weighted by molar-refractivity contribution is 0.238. The maximum absolute atomic E-state index is 2.61. The number of hydrogen-bond donors (Lipinski definition) is 0. The van der Waals surface area contributed by atoms with Gasteiger partial charge in [-0.25, -0.2) is 0 Å². The molecular formula is C22H38N4. The summed E-state index contributed by atoms with van der Waals surface area (Å²) >= 11 is 0. The molecule has 0 saturated carbocycles. The van der Waals surface area contributed by atoms with Gasteiger partial charge in [-0.1, -0.05) is 6.07 Å². The van der Waals surface area contributed by atoms with Crippen LogP contribution >= 0.6 is 0 Å². The first kappa shape index (κ1) is 19.5. The van der Waals surface area contributed by atoms with Crippen molar-refractivity contribution in [2.45, 2.75) is 52.6 Å². The molecule has 1 aromatic carbocycles. The number of anilines is 2. The van der Waals surface area contributed by atoms with Crippen LogP contribution in [0.25, 0.3) is 0 Å². The van der Waals surface area contributed by atoms with Crippen molar-refractivity contribution >= 4 is 11.4 Å². The van der Waals surface area contributed by atoms with Crippen molar-refractivity contribution in [3.63, 3.8) is 0 Å². The molecule has 0 radical (unpaired) electrons. The molecule has 1 aromatic rings. The van der Waals surface area contributed by atoms with E-state index in [4.69, 9.17) is 0 Å². The fourth-order valence-electron chi connectivity index (χ4n) is 4.31. The summed E-state index contributed by atoms with van der Waals surface area (Å²) in [6, 6.07) is 10.6. The molecule has 0 aromatic heterocycles. The zero-order valence-corrected chi connectivity index (χ0v) is 17.3. The van der Waals surface area contributed by atoms with Crippen LogP contribution in [0.15, 0.2) is 24.3 Å². The summed E-state index contributed by atoms with van der Waals surface area (Å²) < 4.78 is 0. The molecule has 2 aliphatic heterocycles. The molecule has 0 atom stereocenters. The molecule has 2 fully saturated rings. The first-order valence-corrected chi connectivity index (χ1v) is 10.6. The van der Waals surface area contributed by atoms with Gasteiger partial charge in [-0.15, -0.1) is 0 Å². The van der Waals surface area contributed by atoms with Crippen molar-refractivity contribution in [3.8, 4) is 0 Å². The molecule has 4 heteroatoms. The summed E-state index contributed by atoms with van der Waals surface area (Å²) in [5.41, 5.74) is 2.80. The Kier molecular flexibility index (Phi) is 6.82. The summed E-state index contributed by atoms with van der Waals surface area (Å²) in [5.74, 6) is 0. The van der Waals surface area contributed by atoms with Gasteiger partial charge in [0.25, 0.3) is 0 Å². The fraction of sp³-hybridized carbons (Fsp3) is 0.727. The summed E-state index contributed by atoms with van der Waals surface area (Å²) in [6.07, 6.45) is 2.52. The SMILES string of the molecule is CC(C)N1CCCN(c2cccc(N3CCCN(C(C)C)CC3)c2)CC1. The number of rotatable bonds is 4. The van der Waals surface area contributed by atoms with E-state index in [1.807, 2.05) is 0 Å². The third-order valence-electron chi connectivity index (χ3n) is 6.08. The molecule has 0 spiro atoms. The van der Waals surface area contributed by atoms with Crippen LogP contribution in [-0.2, 0) is 0 Å². The van der Waals surface area contributed by atoms with E-state index in [9.17, 15) is 0 Å². The standard InChI is InChI=1S/C22H38N4/c1-19(2)23-10-6-12-25(16-14-23)21-8-5-9-22(18-21)26-13-7-11-24(15-17-26)20(3)4/h5,8-9,18-20H,6-7,10-17H2,1-4H3. The molecule has 0 amide bonds. The number of hydrogen-bond acceptors (Lipinski definition) is 4. The highest BCUT2D eigenvalue weighted by atomic mass is 15.2. The van der Waals surface area contributed by atoms with E-state index >= 15 is 0 Å². The Morgan fingerprint density at radius 3 is 1.50 bits per heavy atom. The average molecular weight is 359 g/mol. The molecule has 2 heterocycles. The largest absolute Gasteiger partial charge is 0.370 e. The molecule has 2 saturated heterocycles. The minimum atomic E-state index is 0.655. The monoisotopic (exact) mass is 358 g/mol. The number of benzene rings is 1. The smallest absolute Gasteiger partial charge is 0.0387 e. The van der Waals surface area contributed by atoms with Crippen molar-refractivity contribution in [1.29, 1.82) is 0 Å². The molecule has 0 aliphatic carbocycles. The van der Waals surface area contributed by atoms with Gasteiger partial charge >= 0.3 is 0 Å². The third kappa shape index (κ3) is 4.92. The van der Waals surface area contributed by atoms with Gasteiger partial charge < -0.3 is 9.80 Å². The highest BCUT2D eigenvalue weighted by Crippen LogP contribution is 2.25. The van der Waals surface area contributed by atoms with Gasteiger partial charge in [0.05, 0.1) is 0 Å². The second-order valence-electron chi connectivity index (χ2n) is 8.46. The van der Waals surface area contributed by atoms with Crippen LogP contribution < -0.4 is 9.80 Å². The molecule has 0 bridgehead atoms. The van der Waals surface area contributed by atoms with E-state index in [0.29, 0.717) is 12.1 Å². The lowest BCUT2D eigenvalue weighted by Crippen LogP contribution is -2.35. The maximum atomic E-state index is 2.61. The van der Waals surface area contributed by atoms with Gasteiger partial charge in [-0.2, -0.15) is 0 Å². The van der Waals surface area contributed by atoms with E-state index in [2.05, 4.69) is 71.6 Å². The predicted octanol–water partition coefficient (Wildman–Crippen LogP) is 3.53. The molecule has 146 valence electrons. The Balaban J connectivity index is 1.66. The van der Waals surface area contributed by atoms with Gasteiger partial charge in [-0.05, 0) is 58.7 Å². The van der Waals surface area contributed by atoms with Gasteiger partial charge in [0, 0.05) is 75.8 Å². The number of nitrogens with zero attached hydrogens (tertiary/aromatic N) is 4. The van der Waals surface area contributed by atoms with Crippen molar-refractivity contribution in [2.24, 2.45) is 0 Å². The Labute approximate surface area is 160 Å². The van der Waals surface area contributed by atoms with Gasteiger partial charge in [0.1, 0.15) is 0 Å². The van der Waals surface area contributed by atoms with Gasteiger partial charge in [0.2, 0.25) is 0 Å². The van der Waals surface area contributed by atoms with E-state index in [1.54, 1.807) is 0 Å². The van der Waals surface area contributed by atoms with E-state index < -0.39 is 0 Å². The van der Waals surface area contributed by atoms with Gasteiger partial charge in [0.15, 0.2) is 0 Å². The Morgan fingerprint density at radius 2 is 1.08 bits per heavy atom. The summed E-state index contributed by atoms with van der Waals surface area (Å²) in [4.78, 5) is 10.4. The maximum Gasteiger partial charge on any atom is 0.0387 e. The van der Waals surface area contributed by atoms with Crippen LogP contribution in [0.5, 0.6) is 0 Å². The van der Waals surface area contributed by atoms with Gasteiger partial charge in [-0.3, -0.25) is 9.80 Å². The lowest BCUT2D eigenvalue weighted by Gasteiger charge is -2.28. The normalized spacial score (nSPS) is 21.3. The molecule has 26 heavy (non-hydrogen) atoms. The van der Waals surface area contributed by atoms with Crippen LogP contribution in [-0.4, -0.2) is 74.2 Å². The van der Waals surface area contributed by atoms with Crippen LogP contribution in [0.1, 0.15) is 40.5 Å². The second-order valence-corrected chi connectivity index (χ2v) is 8.46. The fourth-order valence-corrected chi connectivity index (χ4v) is 4.31. The van der Waals surface area contributed by atoms with E-state index in [-0.39, 0.29) is 0 Å². The second kappa shape index (κ2) is 9.09. The predicted molar refractivity (Wildman–Crippen MR) is 114 cm³/mol. The highest BCUT2D eigenvalue weighted by molar-refractivity contribution is 5.59. The van der Waals surface area contributed by atoms with Crippen molar-refractivity contribution in [2.75, 3.05) is 62.2 Å². The summed E-state index contributed by atoms with van der Waals surface area (Å²) in [7, 11) is 0. The van der Waals surface area contributed by atoms with E-state index in [0.717, 1.165) is 13.1 Å². The van der Waals surface area contributed by atoms with E-state index in [1.165, 1.54) is 63.5 Å². The molecule has 2 aliphatic rings. The first-order chi connectivity index (χ1) is 12.5. The van der Waals surface area contributed by atoms with Crippen LogP contribution in [0, 0.1) is 0 Å². The summed E-state index contributed by atoms with van der Waals surface area (Å²) in [6.45, 7) is 18.7. The van der Waals surface area contributed by atoms with Crippen LogP contribution in [0.2, 0.25) is 0 Å². The third-order valence-corrected chi connectivity index (χ3v) is 6.08. The topological polar surface area (TPSA) is 13.0 Å². The van der Waals surface area contributed by atoms with Crippen LogP contribution in [0.4, 0.5) is 11.4 Å². The van der Waals surface area contributed by atoms with Crippen molar-refractivity contribution in [1.82, 2.24) is 9.80 Å². The average Bonchev–Trinajstić information content (AvgIpc) is 3.03. The van der Waals surface area contributed by atoms with Crippen molar-refractivity contribution in [3.05, 3.63) is 24.3 Å². The minimum absolute atomic E-state index is 0.655. The Bertz CT molecular complexity index is 512. The van der Waals surface area contributed by atoms with Crippen LogP contribution in [0.3, 0.4) is 0 Å². The first-order valence-electron chi connectivity index (χ1n) is 10.6. The minimum Gasteiger partial charge on any atom is -0.370 e. The molecule has 4 nitrogen and oxygen atoms in total. The highest BCUT2D eigenvalue weighted by Gasteiger charge is 2.19. The molecule has 0 unspecified atom stereocenters. The van der Waals surface area contributed by atoms with Crippen molar-refractivity contribution < 1.29 is 0 Å². The zero-order valence-electron chi connectivity index (χ0n) is 17.3. The Hall–Kier alpha value is -1.26. The molecule has 3 rings (SSSR count). The summed E-state index contributed by atoms with van der Waals surface area (Å²) in [5, 5.41) is 0. The Morgan fingerprint density at radius 1 is 0.615 bits per heavy atom. The molecular weight excluding hydrogens is 320 g/mol. The lowest BCUT2D eigenvalue weighted by atomic mass is 10.2. The quantitative estimate of drug-likeness (QED) is 0.816.